The zero-order valence-corrected chi connectivity index (χ0v) is 12.9. The molecule has 0 radical (unpaired) electrons. The maximum absolute atomic E-state index is 13.3. The third-order valence-electron chi connectivity index (χ3n) is 3.97. The molecule has 0 aromatic heterocycles. The number of hydrogen-bond donors (Lipinski definition) is 0. The Bertz CT molecular complexity index is 600. The maximum Gasteiger partial charge on any atom is 0.429 e. The van der Waals surface area contributed by atoms with E-state index < -0.39 is 24.2 Å². The quantitative estimate of drug-likeness (QED) is 0.801. The molecule has 1 saturated heterocycles. The van der Waals surface area contributed by atoms with Crippen molar-refractivity contribution in [1.82, 2.24) is 4.90 Å². The minimum absolute atomic E-state index is 0.0743. The molecule has 1 aliphatic rings. The molecule has 1 amide bonds. The van der Waals surface area contributed by atoms with Gasteiger partial charge < -0.3 is 9.64 Å². The Morgan fingerprint density at radius 2 is 1.96 bits per heavy atom. The molecule has 0 bridgehead atoms. The summed E-state index contributed by atoms with van der Waals surface area (Å²) in [5, 5.41) is 0. The minimum atomic E-state index is -4.69. The molecule has 1 heterocycles. The number of ether oxygens (including phenoxy) is 1. The molecule has 1 aromatic rings. The van der Waals surface area contributed by atoms with Gasteiger partial charge in [0, 0.05) is 25.6 Å². The highest BCUT2D eigenvalue weighted by Gasteiger charge is 2.46. The average molecular weight is 329 g/mol. The fraction of sp³-hybridized carbons (Fsp3) is 0.500. The van der Waals surface area contributed by atoms with Crippen molar-refractivity contribution in [3.63, 3.8) is 0 Å². The molecule has 2 rings (SSSR count). The van der Waals surface area contributed by atoms with Gasteiger partial charge in [0.25, 0.3) is 0 Å². The summed E-state index contributed by atoms with van der Waals surface area (Å²) < 4.78 is 44.7. The van der Waals surface area contributed by atoms with E-state index in [2.05, 4.69) is 0 Å². The lowest BCUT2D eigenvalue weighted by Crippen LogP contribution is -2.32. The van der Waals surface area contributed by atoms with Crippen LogP contribution in [0.25, 0.3) is 0 Å². The van der Waals surface area contributed by atoms with Crippen molar-refractivity contribution >= 4 is 11.9 Å². The number of likely N-dealkylation sites (tertiary alicyclic amines) is 1. The van der Waals surface area contributed by atoms with Crippen molar-refractivity contribution in [3.8, 4) is 0 Å². The number of rotatable bonds is 3. The van der Waals surface area contributed by atoms with Gasteiger partial charge in [-0.15, -0.1) is 0 Å². The minimum Gasteiger partial charge on any atom is -0.447 e. The number of benzene rings is 1. The number of esters is 1. The SMILES string of the molecule is CC(=O)N1CC[C@H](C(=O)O[C@@H](c2ccccc2C)C(F)(F)F)C1. The maximum atomic E-state index is 13.3. The second-order valence-corrected chi connectivity index (χ2v) is 5.67. The number of aryl methyl sites for hydroxylation is 1. The molecule has 0 unspecified atom stereocenters. The van der Waals surface area contributed by atoms with Gasteiger partial charge in [-0.3, -0.25) is 9.59 Å². The van der Waals surface area contributed by atoms with Crippen LogP contribution in [0, 0.1) is 12.8 Å². The van der Waals surface area contributed by atoms with E-state index in [0.717, 1.165) is 0 Å². The van der Waals surface area contributed by atoms with Crippen LogP contribution >= 0.6 is 0 Å². The second-order valence-electron chi connectivity index (χ2n) is 5.67. The van der Waals surface area contributed by atoms with Crippen LogP contribution in [0.15, 0.2) is 24.3 Å². The largest absolute Gasteiger partial charge is 0.447 e. The topological polar surface area (TPSA) is 46.6 Å². The van der Waals surface area contributed by atoms with E-state index in [1.807, 2.05) is 0 Å². The molecular weight excluding hydrogens is 311 g/mol. The van der Waals surface area contributed by atoms with E-state index in [-0.39, 0.29) is 18.0 Å². The summed E-state index contributed by atoms with van der Waals surface area (Å²) in [4.78, 5) is 24.8. The predicted molar refractivity (Wildman–Crippen MR) is 76.4 cm³/mol. The Labute approximate surface area is 132 Å². The molecular formula is C16H18F3NO3. The Balaban J connectivity index is 2.15. The van der Waals surface area contributed by atoms with E-state index in [1.165, 1.54) is 36.9 Å². The zero-order chi connectivity index (χ0) is 17.2. The molecule has 0 aliphatic carbocycles. The van der Waals surface area contributed by atoms with Crippen molar-refractivity contribution < 1.29 is 27.5 Å². The highest BCUT2D eigenvalue weighted by molar-refractivity contribution is 5.77. The number of hydrogen-bond acceptors (Lipinski definition) is 3. The molecule has 0 N–H and O–H groups in total. The van der Waals surface area contributed by atoms with E-state index in [0.29, 0.717) is 18.5 Å². The van der Waals surface area contributed by atoms with E-state index in [4.69, 9.17) is 4.74 Å². The van der Waals surface area contributed by atoms with Crippen LogP contribution in [0.5, 0.6) is 0 Å². The lowest BCUT2D eigenvalue weighted by Gasteiger charge is -2.24. The first kappa shape index (κ1) is 17.3. The summed E-state index contributed by atoms with van der Waals surface area (Å²) in [6, 6.07) is 5.93. The Hall–Kier alpha value is -2.05. The molecule has 126 valence electrons. The van der Waals surface area contributed by atoms with Crippen LogP contribution in [0.4, 0.5) is 13.2 Å². The molecule has 1 aliphatic heterocycles. The number of nitrogens with zero attached hydrogens (tertiary/aromatic N) is 1. The van der Waals surface area contributed by atoms with Crippen molar-refractivity contribution in [2.24, 2.45) is 5.92 Å². The average Bonchev–Trinajstić information content (AvgIpc) is 2.94. The van der Waals surface area contributed by atoms with Crippen LogP contribution < -0.4 is 0 Å². The van der Waals surface area contributed by atoms with Crippen LogP contribution in [0.1, 0.15) is 30.6 Å². The second kappa shape index (κ2) is 6.60. The van der Waals surface area contributed by atoms with Crippen molar-refractivity contribution in [2.75, 3.05) is 13.1 Å². The molecule has 2 atom stereocenters. The third-order valence-corrected chi connectivity index (χ3v) is 3.97. The first-order valence-electron chi connectivity index (χ1n) is 7.28. The van der Waals surface area contributed by atoms with E-state index >= 15 is 0 Å². The number of carbonyl (C=O) groups is 2. The number of alkyl halides is 3. The van der Waals surface area contributed by atoms with Crippen LogP contribution in [0.2, 0.25) is 0 Å². The first-order chi connectivity index (χ1) is 10.7. The first-order valence-corrected chi connectivity index (χ1v) is 7.28. The predicted octanol–water partition coefficient (Wildman–Crippen LogP) is 3.01. The summed E-state index contributed by atoms with van der Waals surface area (Å²) >= 11 is 0. The number of carbonyl (C=O) groups excluding carboxylic acids is 2. The zero-order valence-electron chi connectivity index (χ0n) is 12.9. The monoisotopic (exact) mass is 329 g/mol. The van der Waals surface area contributed by atoms with Gasteiger partial charge in [-0.2, -0.15) is 13.2 Å². The number of amides is 1. The van der Waals surface area contributed by atoms with Crippen molar-refractivity contribution in [1.29, 1.82) is 0 Å². The fourth-order valence-corrected chi connectivity index (χ4v) is 2.64. The summed E-state index contributed by atoms with van der Waals surface area (Å²) in [7, 11) is 0. The summed E-state index contributed by atoms with van der Waals surface area (Å²) in [6.45, 7) is 3.36. The lowest BCUT2D eigenvalue weighted by atomic mass is 10.0. The van der Waals surface area contributed by atoms with Gasteiger partial charge in [0.2, 0.25) is 12.0 Å². The van der Waals surface area contributed by atoms with Gasteiger partial charge in [0.15, 0.2) is 0 Å². The molecule has 0 spiro atoms. The van der Waals surface area contributed by atoms with E-state index in [9.17, 15) is 22.8 Å². The molecule has 1 aromatic carbocycles. The van der Waals surface area contributed by atoms with Crippen molar-refractivity contribution in [3.05, 3.63) is 35.4 Å². The smallest absolute Gasteiger partial charge is 0.429 e. The van der Waals surface area contributed by atoms with Gasteiger partial charge in [-0.25, -0.2) is 0 Å². The molecule has 4 nitrogen and oxygen atoms in total. The van der Waals surface area contributed by atoms with Crippen LogP contribution in [-0.4, -0.2) is 36.0 Å². The van der Waals surface area contributed by atoms with Gasteiger partial charge in [-0.1, -0.05) is 24.3 Å². The molecule has 1 fully saturated rings. The van der Waals surface area contributed by atoms with Gasteiger partial charge >= 0.3 is 12.1 Å². The van der Waals surface area contributed by atoms with Crippen molar-refractivity contribution in [2.45, 2.75) is 32.5 Å². The summed E-state index contributed by atoms with van der Waals surface area (Å²) in [6.07, 6.45) is -6.67. The molecule has 0 saturated carbocycles. The highest BCUT2D eigenvalue weighted by atomic mass is 19.4. The summed E-state index contributed by atoms with van der Waals surface area (Å²) in [5.74, 6) is -1.83. The van der Waals surface area contributed by atoms with Gasteiger partial charge in [0.1, 0.15) is 0 Å². The lowest BCUT2D eigenvalue weighted by molar-refractivity contribution is -0.226. The third kappa shape index (κ3) is 4.03. The summed E-state index contributed by atoms with van der Waals surface area (Å²) in [5.41, 5.74) is 0.328. The standard InChI is InChI=1S/C16H18F3NO3/c1-10-5-3-4-6-13(10)14(16(17,18)19)23-15(22)12-7-8-20(9-12)11(2)21/h3-6,12,14H,7-9H2,1-2H3/t12-,14-/m0/s1. The highest BCUT2D eigenvalue weighted by Crippen LogP contribution is 2.38. The van der Waals surface area contributed by atoms with Gasteiger partial charge in [-0.05, 0) is 18.9 Å². The van der Waals surface area contributed by atoms with Crippen LogP contribution in [0.3, 0.4) is 0 Å². The Morgan fingerprint density at radius 3 is 2.48 bits per heavy atom. The fourth-order valence-electron chi connectivity index (χ4n) is 2.64. The van der Waals surface area contributed by atoms with Gasteiger partial charge in [0.05, 0.1) is 5.92 Å². The molecule has 7 heteroatoms. The Kier molecular flexibility index (Phi) is 4.97. The number of halogens is 3. The normalized spacial score (nSPS) is 19.5. The Morgan fingerprint density at radius 1 is 1.30 bits per heavy atom. The van der Waals surface area contributed by atoms with Crippen LogP contribution in [-0.2, 0) is 14.3 Å². The van der Waals surface area contributed by atoms with E-state index in [1.54, 1.807) is 6.07 Å². The molecule has 23 heavy (non-hydrogen) atoms.